The number of hydrogen-bond acceptors (Lipinski definition) is 15. The van der Waals surface area contributed by atoms with Crippen LogP contribution in [0.2, 0.25) is 0 Å². The van der Waals surface area contributed by atoms with Crippen LogP contribution in [0.25, 0.3) is 17.0 Å². The minimum atomic E-state index is -1.40. The lowest BCUT2D eigenvalue weighted by molar-refractivity contribution is -0.320. The van der Waals surface area contributed by atoms with Gasteiger partial charge < -0.3 is 58.3 Å². The molecule has 1 aromatic heterocycles. The average molecular weight is 926 g/mol. The highest BCUT2D eigenvalue weighted by Crippen LogP contribution is 2.43. The van der Waals surface area contributed by atoms with Gasteiger partial charge in [0.05, 0.1) is 59.7 Å². The van der Waals surface area contributed by atoms with Gasteiger partial charge in [-0.15, -0.1) is 0 Å². The van der Waals surface area contributed by atoms with Crippen LogP contribution >= 0.6 is 0 Å². The third-order valence-electron chi connectivity index (χ3n) is 14.9. The topological polar surface area (TPSA) is 194 Å². The zero-order valence-electron chi connectivity index (χ0n) is 41.1. The highest BCUT2D eigenvalue weighted by Gasteiger charge is 2.58. The maximum absolute atomic E-state index is 14.8. The van der Waals surface area contributed by atoms with Crippen molar-refractivity contribution in [3.63, 3.8) is 0 Å². The molecule has 368 valence electrons. The first-order valence-electron chi connectivity index (χ1n) is 23.6. The fourth-order valence-electron chi connectivity index (χ4n) is 10.9. The zero-order chi connectivity index (χ0) is 48.5. The Bertz CT molecular complexity index is 2040. The van der Waals surface area contributed by atoms with E-state index < -0.39 is 108 Å². The fourth-order valence-corrected chi connectivity index (χ4v) is 10.9. The van der Waals surface area contributed by atoms with Gasteiger partial charge in [-0.3, -0.25) is 14.6 Å². The molecule has 0 spiro atoms. The summed E-state index contributed by atoms with van der Waals surface area (Å²) in [5.41, 5.74) is -2.08. The first kappa shape index (κ1) is 51.8. The summed E-state index contributed by atoms with van der Waals surface area (Å²) in [6.45, 7) is 18.1. The summed E-state index contributed by atoms with van der Waals surface area (Å²) < 4.78 is 51.9. The molecule has 6 rings (SSSR count). The maximum atomic E-state index is 14.8. The molecule has 16 nitrogen and oxygen atoms in total. The van der Waals surface area contributed by atoms with Gasteiger partial charge in [-0.2, -0.15) is 0 Å². The molecule has 0 aliphatic carbocycles. The predicted octanol–water partition coefficient (Wildman–Crippen LogP) is 5.83. The number of fused-ring (bicyclic) bond motifs is 2. The van der Waals surface area contributed by atoms with Crippen LogP contribution in [-0.2, 0) is 47.5 Å². The smallest absolute Gasteiger partial charge is 0.408 e. The number of aromatic nitrogens is 1. The molecule has 1 aromatic carbocycles. The molecule has 5 heterocycles. The van der Waals surface area contributed by atoms with Gasteiger partial charge in [0.15, 0.2) is 18.2 Å². The van der Waals surface area contributed by atoms with Crippen molar-refractivity contribution >= 4 is 34.8 Å². The number of nitrogens with one attached hydrogen (secondary N) is 1. The van der Waals surface area contributed by atoms with Gasteiger partial charge in [-0.1, -0.05) is 58.0 Å². The Kier molecular flexibility index (Phi) is 16.5. The van der Waals surface area contributed by atoms with E-state index in [-0.39, 0.29) is 43.8 Å². The SMILES string of the molecule is CC[C@H]1OC(=O)[C@H](C)[C@@H](O[C@H]2C[C@@](C)(OC)[C@@H](O)[C@H](C)O2)[C@H](C)[C@@H](O[C@@H]2O[C@H](C)C[C@H](N(C)C)[C@H]2O)[C@@](C)(OC/C=C/c2cnc3ccccc3c2)C[C@@H](C)C(=O)[C@H](C)[C@H]2NC(=O)O[C@@]21C. The van der Waals surface area contributed by atoms with Gasteiger partial charge in [-0.25, -0.2) is 4.79 Å². The van der Waals surface area contributed by atoms with Crippen molar-refractivity contribution < 1.29 is 62.5 Å². The summed E-state index contributed by atoms with van der Waals surface area (Å²) in [5, 5.41) is 27.0. The summed E-state index contributed by atoms with van der Waals surface area (Å²) in [6.07, 6.45) is -2.31. The number of carbonyl (C=O) groups excluding carboxylic acids is 3. The van der Waals surface area contributed by atoms with E-state index in [2.05, 4.69) is 10.3 Å². The molecule has 4 saturated heterocycles. The van der Waals surface area contributed by atoms with E-state index in [4.69, 9.17) is 37.9 Å². The quantitative estimate of drug-likeness (QED) is 0.228. The van der Waals surface area contributed by atoms with Crippen molar-refractivity contribution in [3.05, 3.63) is 48.2 Å². The van der Waals surface area contributed by atoms with Crippen LogP contribution in [0, 0.1) is 23.7 Å². The number of ether oxygens (including phenoxy) is 8. The first-order valence-corrected chi connectivity index (χ1v) is 23.6. The van der Waals surface area contributed by atoms with Crippen LogP contribution in [0.3, 0.4) is 0 Å². The molecule has 16 heteroatoms. The number of rotatable bonds is 11. The van der Waals surface area contributed by atoms with Crippen LogP contribution in [0.1, 0.15) is 100 Å². The van der Waals surface area contributed by atoms with E-state index in [1.165, 1.54) is 7.11 Å². The third kappa shape index (κ3) is 10.8. The number of Topliss-reactive ketones (excluding diaryl/α,β-unsaturated/α-hetero) is 1. The van der Waals surface area contributed by atoms with E-state index in [1.807, 2.05) is 96.1 Å². The van der Waals surface area contributed by atoms with Crippen molar-refractivity contribution in [2.24, 2.45) is 23.7 Å². The van der Waals surface area contributed by atoms with Gasteiger partial charge in [0.2, 0.25) is 0 Å². The lowest BCUT2D eigenvalue weighted by atomic mass is 9.73. The molecule has 1 amide bonds. The largest absolute Gasteiger partial charge is 0.458 e. The van der Waals surface area contributed by atoms with E-state index in [1.54, 1.807) is 40.8 Å². The first-order chi connectivity index (χ1) is 31.0. The van der Waals surface area contributed by atoms with Crippen molar-refractivity contribution in [2.45, 2.75) is 179 Å². The molecule has 2 aromatic rings. The summed E-state index contributed by atoms with van der Waals surface area (Å²) in [6, 6.07) is 8.73. The van der Waals surface area contributed by atoms with E-state index >= 15 is 0 Å². The number of pyridine rings is 1. The molecule has 0 bridgehead atoms. The number of esters is 1. The number of likely N-dealkylation sites (N-methyl/N-ethyl adjacent to an activating group) is 1. The second-order valence-electron chi connectivity index (χ2n) is 20.1. The lowest BCUT2D eigenvalue weighted by Crippen LogP contribution is -2.61. The molecule has 4 aliphatic rings. The number of ketones is 1. The Morgan fingerprint density at radius 3 is 2.35 bits per heavy atom. The number of alkyl carbamates (subject to hydrolysis) is 1. The molecule has 66 heavy (non-hydrogen) atoms. The average Bonchev–Trinajstić information content (AvgIpc) is 3.60. The summed E-state index contributed by atoms with van der Waals surface area (Å²) in [5.74, 6) is -4.06. The van der Waals surface area contributed by atoms with Crippen molar-refractivity contribution in [2.75, 3.05) is 27.8 Å². The summed E-state index contributed by atoms with van der Waals surface area (Å²) in [4.78, 5) is 49.2. The Balaban J connectivity index is 1.48. The van der Waals surface area contributed by atoms with Gasteiger partial charge in [0.25, 0.3) is 0 Å². The van der Waals surface area contributed by atoms with Gasteiger partial charge in [0.1, 0.15) is 24.1 Å². The zero-order valence-corrected chi connectivity index (χ0v) is 41.1. The predicted molar refractivity (Wildman–Crippen MR) is 246 cm³/mol. The number of amides is 1. The monoisotopic (exact) mass is 926 g/mol. The van der Waals surface area contributed by atoms with Crippen LogP contribution < -0.4 is 5.32 Å². The van der Waals surface area contributed by atoms with Gasteiger partial charge in [-0.05, 0) is 92.6 Å². The highest BCUT2D eigenvalue weighted by molar-refractivity contribution is 5.85. The number of hydrogen-bond donors (Lipinski definition) is 3. The van der Waals surface area contributed by atoms with Crippen molar-refractivity contribution in [1.29, 1.82) is 0 Å². The summed E-state index contributed by atoms with van der Waals surface area (Å²) in [7, 11) is 5.31. The normalized spacial score (nSPS) is 41.9. The molecule has 0 unspecified atom stereocenters. The van der Waals surface area contributed by atoms with Crippen LogP contribution in [0.15, 0.2) is 42.6 Å². The number of cyclic esters (lactones) is 1. The number of benzene rings is 1. The van der Waals surface area contributed by atoms with Crippen LogP contribution in [0.4, 0.5) is 4.79 Å². The summed E-state index contributed by atoms with van der Waals surface area (Å²) >= 11 is 0. The van der Waals surface area contributed by atoms with E-state index in [0.29, 0.717) is 6.42 Å². The Hall–Kier alpha value is -3.58. The highest BCUT2D eigenvalue weighted by atomic mass is 16.7. The maximum Gasteiger partial charge on any atom is 0.408 e. The lowest BCUT2D eigenvalue weighted by Gasteiger charge is -2.50. The van der Waals surface area contributed by atoms with E-state index in [9.17, 15) is 24.6 Å². The number of nitrogens with zero attached hydrogens (tertiary/aromatic N) is 2. The molecule has 0 saturated carbocycles. The van der Waals surface area contributed by atoms with Crippen molar-refractivity contribution in [3.8, 4) is 0 Å². The minimum Gasteiger partial charge on any atom is -0.458 e. The number of para-hydroxylation sites is 1. The molecule has 18 atom stereocenters. The molecule has 4 aliphatic heterocycles. The molecular weight excluding hydrogens is 851 g/mol. The molecular formula is C50H75N3O13. The fraction of sp³-hybridized carbons (Fsp3) is 0.720. The standard InChI is InChI=1S/C50H75N3O13/c1-14-37-50(10)42(52-47(58)66-50)29(4)39(54)27(2)24-49(9,60-21-17-18-33-23-34-19-15-16-20-35(34)51-26-33)44(65-46-40(55)36(53(11)12)22-28(3)61-46)30(5)41(31(6)45(57)63-37)64-38-25-48(8,59-13)43(56)32(7)62-38/h15-20,23,26-32,36-38,40-44,46,55-56H,14,21-22,24-25H2,1-13H3,(H,52,58)/b18-17+/t27-,28-,29+,30+,31-,32+,36+,37-,38+,40-,41+,42-,43+,44-,46+,48-,49+,50-/m1/s1. The Labute approximate surface area is 390 Å². The van der Waals surface area contributed by atoms with E-state index in [0.717, 1.165) is 16.5 Å². The number of aliphatic hydroxyl groups is 2. The van der Waals surface area contributed by atoms with Crippen molar-refractivity contribution in [1.82, 2.24) is 15.2 Å². The van der Waals surface area contributed by atoms with Gasteiger partial charge in [0, 0.05) is 48.9 Å². The number of methoxy groups -OCH3 is 1. The van der Waals surface area contributed by atoms with Crippen LogP contribution in [0.5, 0.6) is 0 Å². The second-order valence-corrected chi connectivity index (χ2v) is 20.1. The second kappa shape index (κ2) is 21.0. The number of aliphatic hydroxyl groups excluding tert-OH is 2. The van der Waals surface area contributed by atoms with Gasteiger partial charge >= 0.3 is 12.1 Å². The molecule has 0 radical (unpaired) electrons. The third-order valence-corrected chi connectivity index (χ3v) is 14.9. The Morgan fingerprint density at radius 2 is 1.67 bits per heavy atom. The minimum absolute atomic E-state index is 0.0659. The number of carbonyl (C=O) groups is 3. The molecule has 4 fully saturated rings. The molecule has 3 N–H and O–H groups in total. The Morgan fingerprint density at radius 1 is 0.955 bits per heavy atom. The van der Waals surface area contributed by atoms with Crippen LogP contribution in [-0.4, -0.2) is 150 Å².